The van der Waals surface area contributed by atoms with Crippen LogP contribution >= 0.6 is 15.9 Å². The van der Waals surface area contributed by atoms with Crippen LogP contribution in [0.15, 0.2) is 18.3 Å². The van der Waals surface area contributed by atoms with Gasteiger partial charge in [-0.25, -0.2) is 0 Å². The molecule has 2 amide bonds. The minimum atomic E-state index is -0.423. The molecule has 0 radical (unpaired) electrons. The van der Waals surface area contributed by atoms with Crippen molar-refractivity contribution in [2.45, 2.75) is 6.42 Å². The lowest BCUT2D eigenvalue weighted by atomic mass is 10.2. The molecule has 0 aromatic carbocycles. The molecule has 6 heteroatoms. The van der Waals surface area contributed by atoms with Crippen LogP contribution in [0, 0.1) is 0 Å². The summed E-state index contributed by atoms with van der Waals surface area (Å²) in [5, 5.41) is 0.231. The van der Waals surface area contributed by atoms with E-state index in [2.05, 4.69) is 20.9 Å². The maximum atomic E-state index is 11.9. The molecule has 1 aromatic heterocycles. The molecule has 88 valence electrons. The van der Waals surface area contributed by atoms with Gasteiger partial charge in [0.25, 0.3) is 11.8 Å². The number of amides is 2. The number of fused-ring (bicyclic) bond motifs is 1. The Balaban J connectivity index is 2.16. The Labute approximate surface area is 106 Å². The summed E-state index contributed by atoms with van der Waals surface area (Å²) in [5.74, 6) is -0.844. The largest absolute Gasteiger partial charge is 0.299 e. The third-order valence-electron chi connectivity index (χ3n) is 2.49. The fourth-order valence-corrected chi connectivity index (χ4v) is 1.90. The van der Waals surface area contributed by atoms with Gasteiger partial charge < -0.3 is 0 Å². The van der Waals surface area contributed by atoms with Crippen LogP contribution in [-0.4, -0.2) is 39.4 Å². The van der Waals surface area contributed by atoms with Crippen LogP contribution in [0.1, 0.15) is 27.3 Å². The van der Waals surface area contributed by atoms with Crippen LogP contribution in [0.2, 0.25) is 0 Å². The van der Waals surface area contributed by atoms with E-state index in [1.54, 1.807) is 12.1 Å². The summed E-state index contributed by atoms with van der Waals surface area (Å²) < 4.78 is 0. The van der Waals surface area contributed by atoms with Crippen LogP contribution in [-0.2, 0) is 4.79 Å². The quantitative estimate of drug-likeness (QED) is 0.615. The maximum absolute atomic E-state index is 11.9. The number of hydrogen-bond donors (Lipinski definition) is 0. The van der Waals surface area contributed by atoms with Gasteiger partial charge in [0, 0.05) is 19.2 Å². The summed E-state index contributed by atoms with van der Waals surface area (Å²) >= 11 is 3.03. The van der Waals surface area contributed by atoms with Crippen molar-refractivity contribution in [2.75, 3.05) is 11.9 Å². The van der Waals surface area contributed by atoms with Crippen molar-refractivity contribution in [3.8, 4) is 0 Å². The fraction of sp³-hybridized carbons (Fsp3) is 0.273. The van der Waals surface area contributed by atoms with Crippen molar-refractivity contribution >= 4 is 33.5 Å². The number of carbonyl (C=O) groups is 3. The third-order valence-corrected chi connectivity index (χ3v) is 3.12. The summed E-state index contributed by atoms with van der Waals surface area (Å²) in [7, 11) is 0. The predicted octanol–water partition coefficient (Wildman–Crippen LogP) is 1.03. The number of rotatable bonds is 4. The highest BCUT2D eigenvalue weighted by Gasteiger charge is 2.36. The molecule has 1 aliphatic heterocycles. The SMILES string of the molecule is O=C(CBr)CCN1C(=O)c2cccnc2C1=O. The number of imide groups is 1. The molecule has 0 atom stereocenters. The van der Waals surface area contributed by atoms with Crippen molar-refractivity contribution in [1.82, 2.24) is 9.88 Å². The van der Waals surface area contributed by atoms with Crippen LogP contribution in [0.3, 0.4) is 0 Å². The van der Waals surface area contributed by atoms with Gasteiger partial charge in [0.1, 0.15) is 11.5 Å². The highest BCUT2D eigenvalue weighted by molar-refractivity contribution is 9.09. The van der Waals surface area contributed by atoms with Gasteiger partial charge >= 0.3 is 0 Å². The predicted molar refractivity (Wildman–Crippen MR) is 63.0 cm³/mol. The van der Waals surface area contributed by atoms with Crippen molar-refractivity contribution in [1.29, 1.82) is 0 Å². The Kier molecular flexibility index (Phi) is 3.33. The van der Waals surface area contributed by atoms with Gasteiger partial charge in [0.05, 0.1) is 10.9 Å². The smallest absolute Gasteiger partial charge is 0.280 e. The minimum absolute atomic E-state index is 0.0467. The third kappa shape index (κ3) is 2.12. The standard InChI is InChI=1S/C11H9BrN2O3/c12-6-7(15)3-5-14-10(16)8-2-1-4-13-9(8)11(14)17/h1-2,4H,3,5-6H2. The van der Waals surface area contributed by atoms with Gasteiger partial charge in [0.2, 0.25) is 0 Å². The average molecular weight is 297 g/mol. The molecule has 5 nitrogen and oxygen atoms in total. The molecule has 0 fully saturated rings. The molecule has 1 aliphatic rings. The van der Waals surface area contributed by atoms with E-state index in [0.29, 0.717) is 5.56 Å². The summed E-state index contributed by atoms with van der Waals surface area (Å²) in [4.78, 5) is 39.8. The molecule has 0 bridgehead atoms. The second-order valence-corrected chi connectivity index (χ2v) is 4.14. The van der Waals surface area contributed by atoms with Crippen LogP contribution in [0.5, 0.6) is 0 Å². The van der Waals surface area contributed by atoms with E-state index in [9.17, 15) is 14.4 Å². The van der Waals surface area contributed by atoms with Crippen LogP contribution in [0.25, 0.3) is 0 Å². The number of nitrogens with zero attached hydrogens (tertiary/aromatic N) is 2. The number of alkyl halides is 1. The fourth-order valence-electron chi connectivity index (χ4n) is 1.62. The van der Waals surface area contributed by atoms with Crippen molar-refractivity contribution < 1.29 is 14.4 Å². The summed E-state index contributed by atoms with van der Waals surface area (Å²) in [6.45, 7) is 0.110. The van der Waals surface area contributed by atoms with E-state index in [0.717, 1.165) is 4.90 Å². The molecular formula is C11H9BrN2O3. The zero-order chi connectivity index (χ0) is 12.4. The molecule has 0 saturated carbocycles. The summed E-state index contributed by atoms with van der Waals surface area (Å²) in [6, 6.07) is 3.17. The van der Waals surface area contributed by atoms with Gasteiger partial charge in [-0.1, -0.05) is 15.9 Å². The Bertz CT molecular complexity index is 466. The molecule has 2 heterocycles. The van der Waals surface area contributed by atoms with Crippen molar-refractivity contribution in [3.63, 3.8) is 0 Å². The molecular weight excluding hydrogens is 288 g/mol. The lowest BCUT2D eigenvalue weighted by Gasteiger charge is -2.11. The molecule has 2 rings (SSSR count). The van der Waals surface area contributed by atoms with E-state index in [1.165, 1.54) is 6.20 Å². The summed E-state index contributed by atoms with van der Waals surface area (Å²) in [6.07, 6.45) is 1.63. The monoisotopic (exact) mass is 296 g/mol. The Hall–Kier alpha value is -1.56. The molecule has 0 saturated heterocycles. The van der Waals surface area contributed by atoms with E-state index in [4.69, 9.17) is 0 Å². The number of hydrogen-bond acceptors (Lipinski definition) is 4. The highest BCUT2D eigenvalue weighted by Crippen LogP contribution is 2.20. The first-order chi connectivity index (χ1) is 8.15. The van der Waals surface area contributed by atoms with E-state index in [-0.39, 0.29) is 35.7 Å². The summed E-state index contributed by atoms with van der Waals surface area (Å²) in [5.41, 5.74) is 0.479. The van der Waals surface area contributed by atoms with Crippen molar-refractivity contribution in [2.24, 2.45) is 0 Å². The second-order valence-electron chi connectivity index (χ2n) is 3.58. The zero-order valence-electron chi connectivity index (χ0n) is 8.85. The molecule has 0 N–H and O–H groups in total. The zero-order valence-corrected chi connectivity index (χ0v) is 10.4. The van der Waals surface area contributed by atoms with Gasteiger partial charge in [-0.3, -0.25) is 24.3 Å². The Morgan fingerprint density at radius 2 is 2.12 bits per heavy atom. The first-order valence-corrected chi connectivity index (χ1v) is 6.16. The maximum Gasteiger partial charge on any atom is 0.280 e. The number of pyridine rings is 1. The molecule has 0 aliphatic carbocycles. The van der Waals surface area contributed by atoms with Gasteiger partial charge in [-0.05, 0) is 12.1 Å². The lowest BCUT2D eigenvalue weighted by molar-refractivity contribution is -0.116. The lowest BCUT2D eigenvalue weighted by Crippen LogP contribution is -2.32. The first kappa shape index (κ1) is 11.9. The number of halogens is 1. The molecule has 1 aromatic rings. The molecule has 0 unspecified atom stereocenters. The second kappa shape index (κ2) is 4.75. The van der Waals surface area contributed by atoms with E-state index < -0.39 is 5.91 Å². The highest BCUT2D eigenvalue weighted by atomic mass is 79.9. The molecule has 17 heavy (non-hydrogen) atoms. The normalized spacial score (nSPS) is 14.1. The van der Waals surface area contributed by atoms with E-state index in [1.807, 2.05) is 0 Å². The number of ketones is 1. The minimum Gasteiger partial charge on any atom is -0.299 e. The van der Waals surface area contributed by atoms with Crippen LogP contribution in [0.4, 0.5) is 0 Å². The Morgan fingerprint density at radius 1 is 1.35 bits per heavy atom. The van der Waals surface area contributed by atoms with Gasteiger partial charge in [0.15, 0.2) is 0 Å². The topological polar surface area (TPSA) is 67.3 Å². The molecule has 0 spiro atoms. The van der Waals surface area contributed by atoms with E-state index >= 15 is 0 Å². The van der Waals surface area contributed by atoms with Crippen molar-refractivity contribution in [3.05, 3.63) is 29.6 Å². The number of carbonyl (C=O) groups excluding carboxylic acids is 3. The number of Topliss-reactive ketones (excluding diaryl/α,β-unsaturated/α-hetero) is 1. The Morgan fingerprint density at radius 3 is 2.76 bits per heavy atom. The average Bonchev–Trinajstić information content (AvgIpc) is 2.60. The number of aromatic nitrogens is 1. The first-order valence-electron chi connectivity index (χ1n) is 5.04. The van der Waals surface area contributed by atoms with Gasteiger partial charge in [-0.2, -0.15) is 0 Å². The van der Waals surface area contributed by atoms with Crippen LogP contribution < -0.4 is 0 Å². The van der Waals surface area contributed by atoms with Gasteiger partial charge in [-0.15, -0.1) is 0 Å².